The number of fused-ring (bicyclic) bond motifs is 2. The topological polar surface area (TPSA) is 119 Å². The number of rotatable bonds is 6. The molecule has 1 saturated heterocycles. The van der Waals surface area contributed by atoms with Gasteiger partial charge < -0.3 is 24.2 Å². The summed E-state index contributed by atoms with van der Waals surface area (Å²) < 4.78 is 20.2. The summed E-state index contributed by atoms with van der Waals surface area (Å²) >= 11 is 3.28. The third kappa shape index (κ3) is 5.17. The zero-order valence-corrected chi connectivity index (χ0v) is 22.5. The minimum absolute atomic E-state index is 0.271. The van der Waals surface area contributed by atoms with Crippen LogP contribution in [-0.2, 0) is 27.4 Å². The lowest BCUT2D eigenvalue weighted by Crippen LogP contribution is -2.50. The first-order valence-corrected chi connectivity index (χ1v) is 14.9. The first-order valence-electron chi connectivity index (χ1n) is 11.5. The zero-order valence-electron chi connectivity index (χ0n) is 19.8. The van der Waals surface area contributed by atoms with Crippen LogP contribution in [0.2, 0.25) is 6.04 Å². The summed E-state index contributed by atoms with van der Waals surface area (Å²) in [7, 11) is 2.46. The Morgan fingerprint density at radius 3 is 2.97 bits per heavy atom. The van der Waals surface area contributed by atoms with Crippen LogP contribution in [0.1, 0.15) is 4.88 Å². The van der Waals surface area contributed by atoms with E-state index in [1.165, 1.54) is 4.57 Å². The number of carbonyl (C=O) groups is 1. The van der Waals surface area contributed by atoms with Gasteiger partial charge in [-0.05, 0) is 41.9 Å². The molecule has 1 amide bonds. The summed E-state index contributed by atoms with van der Waals surface area (Å²) in [6.45, 7) is 0.879. The monoisotopic (exact) mass is 541 g/mol. The van der Waals surface area contributed by atoms with Crippen LogP contribution < -0.4 is 16.4 Å². The fraction of sp³-hybridized carbons (Fsp3) is 0.375. The van der Waals surface area contributed by atoms with Gasteiger partial charge in [0.1, 0.15) is 12.1 Å². The van der Waals surface area contributed by atoms with Crippen LogP contribution in [0.15, 0.2) is 39.5 Å². The number of oxazole rings is 1. The number of hydrogen-bond acceptors (Lipinski definition) is 9. The number of nitrogens with zero attached hydrogens (tertiary/aromatic N) is 2. The highest BCUT2D eigenvalue weighted by molar-refractivity contribution is 7.29. The van der Waals surface area contributed by atoms with Gasteiger partial charge in [-0.25, -0.2) is 4.79 Å². The molecule has 9 nitrogen and oxygen atoms in total. The molecule has 1 aromatic carbocycles. The van der Waals surface area contributed by atoms with Crippen molar-refractivity contribution in [1.82, 2.24) is 15.2 Å². The van der Waals surface area contributed by atoms with Crippen LogP contribution in [0.3, 0.4) is 0 Å². The van der Waals surface area contributed by atoms with Gasteiger partial charge in [0.2, 0.25) is 9.04 Å². The smallest absolute Gasteiger partial charge is 0.418 e. The molecule has 187 valence electrons. The van der Waals surface area contributed by atoms with Crippen molar-refractivity contribution in [2.24, 2.45) is 7.05 Å². The number of benzene rings is 1. The molecule has 5 rings (SSSR count). The molecule has 3 aromatic heterocycles. The van der Waals surface area contributed by atoms with Crippen molar-refractivity contribution in [3.63, 3.8) is 0 Å². The van der Waals surface area contributed by atoms with E-state index in [-0.39, 0.29) is 11.7 Å². The Balaban J connectivity index is 1.25. The summed E-state index contributed by atoms with van der Waals surface area (Å²) in [5.74, 6) is -0.650. The largest absolute Gasteiger partial charge is 0.419 e. The van der Waals surface area contributed by atoms with E-state index in [0.717, 1.165) is 42.4 Å². The van der Waals surface area contributed by atoms with Crippen LogP contribution in [0.4, 0.5) is 0 Å². The van der Waals surface area contributed by atoms with Crippen molar-refractivity contribution in [3.05, 3.63) is 45.8 Å². The molecule has 4 aromatic rings. The molecule has 2 N–H and O–H groups in total. The fourth-order valence-corrected chi connectivity index (χ4v) is 7.91. The molecule has 0 aliphatic carbocycles. The molecule has 2 atom stereocenters. The second-order valence-corrected chi connectivity index (χ2v) is 13.1. The van der Waals surface area contributed by atoms with Crippen molar-refractivity contribution < 1.29 is 18.4 Å². The summed E-state index contributed by atoms with van der Waals surface area (Å²) in [6, 6.07) is 12.3. The number of amides is 1. The lowest BCUT2D eigenvalue weighted by atomic mass is 10.1. The molecule has 12 heteroatoms. The Labute approximate surface area is 217 Å². The molecule has 36 heavy (non-hydrogen) atoms. The number of ether oxygens (including phenoxy) is 1. The van der Waals surface area contributed by atoms with Crippen LogP contribution in [-0.4, -0.2) is 58.1 Å². The van der Waals surface area contributed by atoms with Gasteiger partial charge in [0.15, 0.2) is 5.58 Å². The Morgan fingerprint density at radius 1 is 1.36 bits per heavy atom. The number of nitrogens with one attached hydrogen (secondary N) is 2. The molecule has 0 saturated carbocycles. The van der Waals surface area contributed by atoms with Crippen LogP contribution >= 0.6 is 22.7 Å². The highest BCUT2D eigenvalue weighted by Crippen LogP contribution is 2.39. The minimum atomic E-state index is -0.936. The summed E-state index contributed by atoms with van der Waals surface area (Å²) in [5, 5.41) is 15.8. The molecule has 1 fully saturated rings. The molecule has 1 radical (unpaired) electrons. The van der Waals surface area contributed by atoms with Gasteiger partial charge in [-0.2, -0.15) is 5.26 Å². The Hall–Kier alpha value is -2.79. The van der Waals surface area contributed by atoms with Gasteiger partial charge in [-0.15, -0.1) is 22.7 Å². The highest BCUT2D eigenvalue weighted by Gasteiger charge is 2.26. The van der Waals surface area contributed by atoms with Gasteiger partial charge in [0.05, 0.1) is 11.6 Å². The second kappa shape index (κ2) is 10.7. The minimum Gasteiger partial charge on any atom is -0.418 e. The van der Waals surface area contributed by atoms with Crippen molar-refractivity contribution in [1.29, 1.82) is 5.26 Å². The lowest BCUT2D eigenvalue weighted by molar-refractivity contribution is -0.132. The van der Waals surface area contributed by atoms with Crippen molar-refractivity contribution in [3.8, 4) is 16.5 Å². The molecule has 0 spiro atoms. The first-order chi connectivity index (χ1) is 17.4. The van der Waals surface area contributed by atoms with Gasteiger partial charge in [-0.1, -0.05) is 0 Å². The van der Waals surface area contributed by atoms with Gasteiger partial charge >= 0.3 is 5.76 Å². The third-order valence-electron chi connectivity index (χ3n) is 6.14. The SMILES string of the molecule is CO[Si]1CCO[C@H](C(=O)N[C@H](C#N)Cc2cc3sc(-c4ccc5oc(=O)n(C)c5c4)cc3s2)CNC1. The van der Waals surface area contributed by atoms with E-state index in [2.05, 4.69) is 28.8 Å². The zero-order chi connectivity index (χ0) is 25.2. The van der Waals surface area contributed by atoms with Gasteiger partial charge in [0, 0.05) is 59.1 Å². The number of hydrogen-bond donors (Lipinski definition) is 2. The Bertz CT molecular complexity index is 1460. The normalized spacial score (nSPS) is 18.1. The molecule has 1 aliphatic heterocycles. The Morgan fingerprint density at radius 2 is 2.19 bits per heavy atom. The quantitative estimate of drug-likeness (QED) is 0.360. The summed E-state index contributed by atoms with van der Waals surface area (Å²) in [4.78, 5) is 26.7. The third-order valence-corrected chi connectivity index (χ3v) is 10.5. The lowest BCUT2D eigenvalue weighted by Gasteiger charge is -2.24. The van der Waals surface area contributed by atoms with Crippen molar-refractivity contribution in [2.45, 2.75) is 24.6 Å². The second-order valence-electron chi connectivity index (χ2n) is 8.54. The van der Waals surface area contributed by atoms with E-state index in [9.17, 15) is 14.9 Å². The van der Waals surface area contributed by atoms with E-state index >= 15 is 0 Å². The van der Waals surface area contributed by atoms with Gasteiger partial charge in [0.25, 0.3) is 5.91 Å². The molecule has 1 aliphatic rings. The molecule has 0 bridgehead atoms. The van der Waals surface area contributed by atoms with E-state index in [4.69, 9.17) is 13.6 Å². The maximum atomic E-state index is 12.7. The van der Waals surface area contributed by atoms with Crippen LogP contribution in [0.25, 0.3) is 30.9 Å². The number of thiophene rings is 2. The Kier molecular flexibility index (Phi) is 7.38. The van der Waals surface area contributed by atoms with E-state index in [1.54, 1.807) is 36.8 Å². The maximum absolute atomic E-state index is 12.7. The van der Waals surface area contributed by atoms with Crippen LogP contribution in [0.5, 0.6) is 0 Å². The predicted octanol–water partition coefficient (Wildman–Crippen LogP) is 2.79. The number of aromatic nitrogens is 1. The predicted molar refractivity (Wildman–Crippen MR) is 142 cm³/mol. The molecule has 0 unspecified atom stereocenters. The standard InChI is InChI=1S/C24H25N4O5S2Si/c1-28-17-7-14(3-4-18(17)33-24(28)30)20-10-22-21(35-20)9-16(34-22)8-15(11-25)27-23(29)19-12-26-13-36(31-2)6-5-32-19/h3-4,7,9-10,15,19,26H,5-6,8,12-13H2,1-2H3,(H,27,29)/t15-,19-/m0/s1. The molecule has 4 heterocycles. The summed E-state index contributed by atoms with van der Waals surface area (Å²) in [5.41, 5.74) is 2.34. The highest BCUT2D eigenvalue weighted by atomic mass is 32.1. The number of aryl methyl sites for hydroxylation is 1. The van der Waals surface area contributed by atoms with Crippen molar-refractivity contribution in [2.75, 3.05) is 26.4 Å². The molecular formula is C24H25N4O5S2Si. The first kappa shape index (κ1) is 24.9. The summed E-state index contributed by atoms with van der Waals surface area (Å²) in [6.07, 6.45) is 0.574. The number of carbonyl (C=O) groups excluding carboxylic acids is 1. The average Bonchev–Trinajstić information content (AvgIpc) is 3.50. The van der Waals surface area contributed by atoms with Crippen molar-refractivity contribution >= 4 is 58.1 Å². The maximum Gasteiger partial charge on any atom is 0.419 e. The van der Waals surface area contributed by atoms with E-state index in [1.807, 2.05) is 18.2 Å². The average molecular weight is 542 g/mol. The van der Waals surface area contributed by atoms with Crippen LogP contribution in [0, 0.1) is 11.3 Å². The van der Waals surface area contributed by atoms with E-state index < -0.39 is 21.2 Å². The van der Waals surface area contributed by atoms with E-state index in [0.29, 0.717) is 25.2 Å². The van der Waals surface area contributed by atoms with Gasteiger partial charge in [-0.3, -0.25) is 9.36 Å². The molecular weight excluding hydrogens is 517 g/mol. The fourth-order valence-electron chi connectivity index (χ4n) is 4.15. The number of nitriles is 1.